The van der Waals surface area contributed by atoms with Crippen LogP contribution >= 0.6 is 11.3 Å². The number of hydrogen-bond acceptors (Lipinski definition) is 3. The molecule has 0 aromatic carbocycles. The molecule has 0 amide bonds. The summed E-state index contributed by atoms with van der Waals surface area (Å²) < 4.78 is 0. The summed E-state index contributed by atoms with van der Waals surface area (Å²) in [5.41, 5.74) is 7.71. The van der Waals surface area contributed by atoms with Crippen LogP contribution in [0.3, 0.4) is 0 Å². The fourth-order valence-corrected chi connectivity index (χ4v) is 2.64. The summed E-state index contributed by atoms with van der Waals surface area (Å²) in [6.45, 7) is 4.01. The topological polar surface area (TPSA) is 43.1 Å². The van der Waals surface area contributed by atoms with E-state index in [-0.39, 0.29) is 5.78 Å². The van der Waals surface area contributed by atoms with E-state index in [1.165, 1.54) is 29.1 Å². The lowest BCUT2D eigenvalue weighted by atomic mass is 10.0. The molecule has 1 aromatic heterocycles. The fraction of sp³-hybridized carbons (Fsp3) is 0.545. The Hall–Kier alpha value is -0.830. The number of nitrogens with two attached hydrogens (primary N) is 1. The molecule has 0 spiro atoms. The number of ketones is 1. The monoisotopic (exact) mass is 209 g/mol. The highest BCUT2D eigenvalue weighted by atomic mass is 32.1. The SMILES string of the molecule is Cc1sc(N)c(C(=O)CC2CC2)c1C. The van der Waals surface area contributed by atoms with Gasteiger partial charge in [-0.2, -0.15) is 0 Å². The average Bonchev–Trinajstić information content (AvgIpc) is 2.83. The minimum Gasteiger partial charge on any atom is -0.390 e. The molecular weight excluding hydrogens is 194 g/mol. The Labute approximate surface area is 88.1 Å². The molecular formula is C11H15NOS. The van der Waals surface area contributed by atoms with Crippen LogP contribution in [0, 0.1) is 19.8 Å². The third kappa shape index (κ3) is 1.69. The summed E-state index contributed by atoms with van der Waals surface area (Å²) in [6, 6.07) is 0. The zero-order valence-corrected chi connectivity index (χ0v) is 9.41. The highest BCUT2D eigenvalue weighted by Crippen LogP contribution is 2.37. The minimum absolute atomic E-state index is 0.242. The Morgan fingerprint density at radius 2 is 2.14 bits per heavy atom. The van der Waals surface area contributed by atoms with Crippen molar-refractivity contribution in [2.24, 2.45) is 5.92 Å². The van der Waals surface area contributed by atoms with E-state index < -0.39 is 0 Å². The standard InChI is InChI=1S/C11H15NOS/c1-6-7(2)14-11(12)10(6)9(13)5-8-3-4-8/h8H,3-5,12H2,1-2H3. The predicted octanol–water partition coefficient (Wildman–Crippen LogP) is 2.93. The number of aryl methyl sites for hydroxylation is 1. The van der Waals surface area contributed by atoms with E-state index in [0.29, 0.717) is 17.3 Å². The van der Waals surface area contributed by atoms with Crippen LogP contribution in [0.4, 0.5) is 5.00 Å². The molecule has 1 heterocycles. The second kappa shape index (κ2) is 3.39. The van der Waals surface area contributed by atoms with Crippen LogP contribution in [-0.2, 0) is 0 Å². The minimum atomic E-state index is 0.242. The summed E-state index contributed by atoms with van der Waals surface area (Å²) in [7, 11) is 0. The molecule has 2 nitrogen and oxygen atoms in total. The van der Waals surface area contributed by atoms with Gasteiger partial charge in [0.1, 0.15) is 0 Å². The van der Waals surface area contributed by atoms with Crippen molar-refractivity contribution in [3.63, 3.8) is 0 Å². The number of hydrogen-bond donors (Lipinski definition) is 1. The fourth-order valence-electron chi connectivity index (χ4n) is 1.69. The molecule has 0 bridgehead atoms. The summed E-state index contributed by atoms with van der Waals surface area (Å²) in [4.78, 5) is 13.0. The van der Waals surface area contributed by atoms with Crippen LogP contribution in [0.5, 0.6) is 0 Å². The van der Waals surface area contributed by atoms with Crippen molar-refractivity contribution in [1.29, 1.82) is 0 Å². The quantitative estimate of drug-likeness (QED) is 0.778. The highest BCUT2D eigenvalue weighted by Gasteiger charge is 2.27. The maximum absolute atomic E-state index is 11.9. The van der Waals surface area contributed by atoms with Gasteiger partial charge in [-0.1, -0.05) is 0 Å². The van der Waals surface area contributed by atoms with Gasteiger partial charge in [0.25, 0.3) is 0 Å². The Kier molecular flexibility index (Phi) is 2.35. The van der Waals surface area contributed by atoms with E-state index in [4.69, 9.17) is 5.73 Å². The van der Waals surface area contributed by atoms with Crippen LogP contribution in [0.15, 0.2) is 0 Å². The molecule has 0 atom stereocenters. The summed E-state index contributed by atoms with van der Waals surface area (Å²) in [6.07, 6.45) is 3.13. The molecule has 76 valence electrons. The molecule has 1 aromatic rings. The smallest absolute Gasteiger partial charge is 0.166 e. The summed E-state index contributed by atoms with van der Waals surface area (Å²) in [5.74, 6) is 0.883. The van der Waals surface area contributed by atoms with E-state index in [2.05, 4.69) is 0 Å². The lowest BCUT2D eigenvalue weighted by molar-refractivity contribution is 0.0976. The maximum Gasteiger partial charge on any atom is 0.166 e. The first-order chi connectivity index (χ1) is 6.59. The maximum atomic E-state index is 11.9. The average molecular weight is 209 g/mol. The Morgan fingerprint density at radius 1 is 1.50 bits per heavy atom. The third-order valence-corrected chi connectivity index (χ3v) is 3.90. The number of Topliss-reactive ketones (excluding diaryl/α,β-unsaturated/α-hetero) is 1. The lowest BCUT2D eigenvalue weighted by Gasteiger charge is -2.00. The van der Waals surface area contributed by atoms with Crippen molar-refractivity contribution in [2.45, 2.75) is 33.1 Å². The first-order valence-electron chi connectivity index (χ1n) is 4.98. The second-order valence-corrected chi connectivity index (χ2v) is 5.35. The largest absolute Gasteiger partial charge is 0.390 e. The normalized spacial score (nSPS) is 15.9. The van der Waals surface area contributed by atoms with Crippen LogP contribution < -0.4 is 5.73 Å². The van der Waals surface area contributed by atoms with Gasteiger partial charge in [0.2, 0.25) is 0 Å². The van der Waals surface area contributed by atoms with Crippen molar-refractivity contribution < 1.29 is 4.79 Å². The highest BCUT2D eigenvalue weighted by molar-refractivity contribution is 7.16. The molecule has 2 rings (SSSR count). The van der Waals surface area contributed by atoms with Gasteiger partial charge >= 0.3 is 0 Å². The van der Waals surface area contributed by atoms with Gasteiger partial charge in [0.05, 0.1) is 10.6 Å². The Morgan fingerprint density at radius 3 is 2.57 bits per heavy atom. The Bertz CT molecular complexity index is 377. The van der Waals surface area contributed by atoms with Gasteiger partial charge in [-0.15, -0.1) is 11.3 Å². The zero-order valence-electron chi connectivity index (χ0n) is 8.59. The van der Waals surface area contributed by atoms with Gasteiger partial charge < -0.3 is 5.73 Å². The molecule has 0 aliphatic heterocycles. The lowest BCUT2D eigenvalue weighted by Crippen LogP contribution is -2.03. The van der Waals surface area contributed by atoms with Gasteiger partial charge in [-0.25, -0.2) is 0 Å². The molecule has 1 fully saturated rings. The number of nitrogen functional groups attached to an aromatic ring is 1. The van der Waals surface area contributed by atoms with Crippen molar-refractivity contribution in [2.75, 3.05) is 5.73 Å². The molecule has 14 heavy (non-hydrogen) atoms. The van der Waals surface area contributed by atoms with Crippen LogP contribution in [-0.4, -0.2) is 5.78 Å². The number of anilines is 1. The van der Waals surface area contributed by atoms with E-state index in [1.54, 1.807) is 0 Å². The van der Waals surface area contributed by atoms with E-state index in [9.17, 15) is 4.79 Å². The predicted molar refractivity (Wildman–Crippen MR) is 59.9 cm³/mol. The molecule has 0 radical (unpaired) electrons. The summed E-state index contributed by atoms with van der Waals surface area (Å²) in [5, 5.41) is 0.700. The van der Waals surface area contributed by atoms with Crippen LogP contribution in [0.25, 0.3) is 0 Å². The molecule has 1 aliphatic carbocycles. The molecule has 2 N–H and O–H groups in total. The van der Waals surface area contributed by atoms with Gasteiger partial charge in [0, 0.05) is 11.3 Å². The van der Waals surface area contributed by atoms with Crippen LogP contribution in [0.2, 0.25) is 0 Å². The van der Waals surface area contributed by atoms with Crippen molar-refractivity contribution in [3.8, 4) is 0 Å². The van der Waals surface area contributed by atoms with Gasteiger partial charge in [-0.3, -0.25) is 4.79 Å². The Balaban J connectivity index is 2.24. The molecule has 1 saturated carbocycles. The van der Waals surface area contributed by atoms with E-state index >= 15 is 0 Å². The molecule has 1 aliphatic rings. The van der Waals surface area contributed by atoms with Crippen molar-refractivity contribution in [1.82, 2.24) is 0 Å². The number of carbonyl (C=O) groups excluding carboxylic acids is 1. The number of thiophene rings is 1. The van der Waals surface area contributed by atoms with Gasteiger partial charge in [-0.05, 0) is 38.2 Å². The molecule has 0 unspecified atom stereocenters. The van der Waals surface area contributed by atoms with Crippen molar-refractivity contribution >= 4 is 22.1 Å². The van der Waals surface area contributed by atoms with Gasteiger partial charge in [0.15, 0.2) is 5.78 Å². The third-order valence-electron chi connectivity index (χ3n) is 2.86. The summed E-state index contributed by atoms with van der Waals surface area (Å²) >= 11 is 1.53. The first kappa shape index (κ1) is 9.71. The second-order valence-electron chi connectivity index (χ2n) is 4.09. The molecule has 3 heteroatoms. The zero-order chi connectivity index (χ0) is 10.3. The number of rotatable bonds is 3. The van der Waals surface area contributed by atoms with Crippen molar-refractivity contribution in [3.05, 3.63) is 16.0 Å². The van der Waals surface area contributed by atoms with Crippen LogP contribution in [0.1, 0.15) is 40.1 Å². The van der Waals surface area contributed by atoms with E-state index in [0.717, 1.165) is 11.1 Å². The molecule has 0 saturated heterocycles. The first-order valence-corrected chi connectivity index (χ1v) is 5.80. The van der Waals surface area contributed by atoms with E-state index in [1.807, 2.05) is 13.8 Å². The number of carbonyl (C=O) groups is 1.